The Labute approximate surface area is 170 Å². The van der Waals surface area contributed by atoms with Gasteiger partial charge in [0.15, 0.2) is 6.61 Å². The minimum absolute atomic E-state index is 0.0503. The molecule has 0 unspecified atom stereocenters. The molecule has 0 aliphatic carbocycles. The number of hydrogen-bond donors (Lipinski definition) is 0. The number of nitrogens with zero attached hydrogens (tertiary/aromatic N) is 1. The van der Waals surface area contributed by atoms with E-state index in [-0.39, 0.29) is 23.2 Å². The summed E-state index contributed by atoms with van der Waals surface area (Å²) in [4.78, 5) is 50.1. The molecule has 156 valence electrons. The molecule has 9 heteroatoms. The minimum atomic E-state index is -0.943. The third-order valence-electron chi connectivity index (χ3n) is 4.50. The van der Waals surface area contributed by atoms with Crippen LogP contribution in [0.15, 0.2) is 36.4 Å². The third-order valence-corrected chi connectivity index (χ3v) is 4.50. The summed E-state index contributed by atoms with van der Waals surface area (Å²) in [5.41, 5.74) is -0.383. The number of Topliss-reactive ketones (excluding diaryl/α,β-unsaturated/α-hetero) is 1. The predicted molar refractivity (Wildman–Crippen MR) is 99.3 cm³/mol. The Hall–Kier alpha value is -3.46. The molecule has 1 heterocycles. The first kappa shape index (κ1) is 21.3. The number of imide groups is 1. The first-order valence-electron chi connectivity index (χ1n) is 8.98. The molecule has 2 amide bonds. The van der Waals surface area contributed by atoms with Crippen LogP contribution in [0, 0.1) is 11.6 Å². The van der Waals surface area contributed by atoms with Gasteiger partial charge in [-0.05, 0) is 42.8 Å². The zero-order valence-corrected chi connectivity index (χ0v) is 15.9. The molecule has 0 bridgehead atoms. The maximum Gasteiger partial charge on any atom is 0.338 e. The zero-order valence-electron chi connectivity index (χ0n) is 15.9. The van der Waals surface area contributed by atoms with Gasteiger partial charge in [0.25, 0.3) is 11.8 Å². The average molecular weight is 417 g/mol. The highest BCUT2D eigenvalue weighted by atomic mass is 19.1. The maximum absolute atomic E-state index is 13.6. The third kappa shape index (κ3) is 4.25. The van der Waals surface area contributed by atoms with Crippen molar-refractivity contribution in [3.8, 4) is 0 Å². The van der Waals surface area contributed by atoms with Crippen LogP contribution in [0.3, 0.4) is 0 Å². The summed E-state index contributed by atoms with van der Waals surface area (Å²) in [5.74, 6) is -4.62. The van der Waals surface area contributed by atoms with Crippen molar-refractivity contribution < 1.29 is 37.4 Å². The molecule has 30 heavy (non-hydrogen) atoms. The van der Waals surface area contributed by atoms with Crippen LogP contribution in [0.2, 0.25) is 0 Å². The second kappa shape index (κ2) is 8.91. The summed E-state index contributed by atoms with van der Waals surface area (Å²) in [6.07, 6.45) is 0.468. The van der Waals surface area contributed by atoms with E-state index in [1.807, 2.05) is 0 Å². The van der Waals surface area contributed by atoms with Crippen molar-refractivity contribution in [2.75, 3.05) is 26.9 Å². The number of benzene rings is 2. The summed E-state index contributed by atoms with van der Waals surface area (Å²) in [7, 11) is 1.51. The van der Waals surface area contributed by atoms with E-state index in [4.69, 9.17) is 9.47 Å². The van der Waals surface area contributed by atoms with Gasteiger partial charge in [-0.2, -0.15) is 0 Å². The number of methoxy groups -OCH3 is 1. The molecule has 1 aliphatic rings. The van der Waals surface area contributed by atoms with E-state index >= 15 is 0 Å². The van der Waals surface area contributed by atoms with Crippen molar-refractivity contribution in [2.24, 2.45) is 0 Å². The molecule has 0 fully saturated rings. The molecule has 2 aromatic carbocycles. The van der Waals surface area contributed by atoms with Crippen molar-refractivity contribution in [3.63, 3.8) is 0 Å². The molecule has 0 saturated carbocycles. The van der Waals surface area contributed by atoms with Gasteiger partial charge in [-0.1, -0.05) is 0 Å². The van der Waals surface area contributed by atoms with Gasteiger partial charge in [-0.15, -0.1) is 0 Å². The number of ether oxygens (including phenoxy) is 2. The molecule has 0 aromatic heterocycles. The van der Waals surface area contributed by atoms with Gasteiger partial charge < -0.3 is 9.47 Å². The average Bonchev–Trinajstić information content (AvgIpc) is 2.98. The van der Waals surface area contributed by atoms with Crippen LogP contribution in [0.25, 0.3) is 0 Å². The second-order valence-corrected chi connectivity index (χ2v) is 6.49. The number of amides is 2. The van der Waals surface area contributed by atoms with Crippen LogP contribution in [0.1, 0.15) is 47.9 Å². The molecule has 0 radical (unpaired) electrons. The number of carbonyl (C=O) groups excluding carboxylic acids is 4. The van der Waals surface area contributed by atoms with Crippen molar-refractivity contribution in [1.82, 2.24) is 4.90 Å². The van der Waals surface area contributed by atoms with Gasteiger partial charge in [0.2, 0.25) is 5.78 Å². The Morgan fingerprint density at radius 2 is 1.73 bits per heavy atom. The van der Waals surface area contributed by atoms with Crippen LogP contribution in [0.4, 0.5) is 8.78 Å². The first-order chi connectivity index (χ1) is 14.3. The molecule has 0 saturated heterocycles. The van der Waals surface area contributed by atoms with Crippen molar-refractivity contribution in [2.45, 2.75) is 6.42 Å². The van der Waals surface area contributed by atoms with Crippen molar-refractivity contribution in [1.29, 1.82) is 0 Å². The van der Waals surface area contributed by atoms with Crippen LogP contribution >= 0.6 is 0 Å². The molecule has 1 aliphatic heterocycles. The summed E-state index contributed by atoms with van der Waals surface area (Å²) in [5, 5.41) is 0. The Morgan fingerprint density at radius 1 is 1.00 bits per heavy atom. The zero-order chi connectivity index (χ0) is 21.8. The highest BCUT2D eigenvalue weighted by Crippen LogP contribution is 2.24. The Morgan fingerprint density at radius 3 is 2.47 bits per heavy atom. The smallest absolute Gasteiger partial charge is 0.338 e. The van der Waals surface area contributed by atoms with Gasteiger partial charge in [0.1, 0.15) is 11.6 Å². The highest BCUT2D eigenvalue weighted by molar-refractivity contribution is 6.22. The molecular formula is C21H17F2NO6. The van der Waals surface area contributed by atoms with E-state index in [0.29, 0.717) is 19.1 Å². The van der Waals surface area contributed by atoms with Gasteiger partial charge in [-0.3, -0.25) is 19.3 Å². The quantitative estimate of drug-likeness (QED) is 0.284. The van der Waals surface area contributed by atoms with Gasteiger partial charge >= 0.3 is 5.97 Å². The lowest BCUT2D eigenvalue weighted by molar-refractivity contribution is 0.0473. The van der Waals surface area contributed by atoms with Crippen molar-refractivity contribution >= 4 is 23.6 Å². The van der Waals surface area contributed by atoms with Crippen molar-refractivity contribution in [3.05, 3.63) is 70.3 Å². The highest BCUT2D eigenvalue weighted by Gasteiger charge is 2.35. The van der Waals surface area contributed by atoms with Crippen LogP contribution in [-0.4, -0.2) is 55.3 Å². The largest absolute Gasteiger partial charge is 0.454 e. The number of halogens is 2. The molecule has 3 rings (SSSR count). The van der Waals surface area contributed by atoms with E-state index in [9.17, 15) is 28.0 Å². The van der Waals surface area contributed by atoms with Gasteiger partial charge in [0, 0.05) is 20.3 Å². The van der Waals surface area contributed by atoms with E-state index in [0.717, 1.165) is 17.0 Å². The maximum atomic E-state index is 13.6. The Bertz CT molecular complexity index is 1040. The Kier molecular flexibility index (Phi) is 6.31. The lowest BCUT2D eigenvalue weighted by Gasteiger charge is -2.12. The van der Waals surface area contributed by atoms with Gasteiger partial charge in [0.05, 0.1) is 22.3 Å². The Balaban J connectivity index is 1.69. The number of hydrogen-bond acceptors (Lipinski definition) is 6. The monoisotopic (exact) mass is 417 g/mol. The lowest BCUT2D eigenvalue weighted by atomic mass is 10.1. The van der Waals surface area contributed by atoms with E-state index in [1.165, 1.54) is 25.3 Å². The van der Waals surface area contributed by atoms with Gasteiger partial charge in [-0.25, -0.2) is 13.6 Å². The van der Waals surface area contributed by atoms with E-state index in [2.05, 4.69) is 0 Å². The van der Waals surface area contributed by atoms with E-state index in [1.54, 1.807) is 0 Å². The molecule has 2 aromatic rings. The SMILES string of the molecule is COCCCN1C(=O)c2ccc(C(=O)OCC(=O)c3cc(F)ccc3F)cc2C1=O. The second-order valence-electron chi connectivity index (χ2n) is 6.49. The number of fused-ring (bicyclic) bond motifs is 1. The summed E-state index contributed by atoms with van der Waals surface area (Å²) in [6.45, 7) is -0.259. The fraction of sp³-hybridized carbons (Fsp3) is 0.238. The number of rotatable bonds is 8. The van der Waals surface area contributed by atoms with E-state index < -0.39 is 47.4 Å². The van der Waals surface area contributed by atoms with Crippen LogP contribution < -0.4 is 0 Å². The number of carbonyl (C=O) groups is 4. The summed E-state index contributed by atoms with van der Waals surface area (Å²) in [6, 6.07) is 6.20. The normalized spacial score (nSPS) is 12.8. The number of esters is 1. The number of ketones is 1. The minimum Gasteiger partial charge on any atom is -0.454 e. The molecular weight excluding hydrogens is 400 g/mol. The first-order valence-corrected chi connectivity index (χ1v) is 8.98. The lowest BCUT2D eigenvalue weighted by Crippen LogP contribution is -2.31. The molecule has 7 nitrogen and oxygen atoms in total. The molecule has 0 atom stereocenters. The van der Waals surface area contributed by atoms with Crippen LogP contribution in [0.5, 0.6) is 0 Å². The molecule has 0 spiro atoms. The summed E-state index contributed by atoms with van der Waals surface area (Å²) >= 11 is 0. The molecule has 0 N–H and O–H groups in total. The van der Waals surface area contributed by atoms with Crippen LogP contribution in [-0.2, 0) is 9.47 Å². The summed E-state index contributed by atoms with van der Waals surface area (Å²) < 4.78 is 36.6. The predicted octanol–water partition coefficient (Wildman–Crippen LogP) is 2.64. The fourth-order valence-corrected chi connectivity index (χ4v) is 2.99. The topological polar surface area (TPSA) is 90.0 Å². The standard InChI is InChI=1S/C21H17F2NO6/c1-29-8-2-7-24-19(26)14-5-3-12(9-15(14)20(24)27)21(28)30-11-18(25)16-10-13(22)4-6-17(16)23/h3-6,9-10H,2,7-8,11H2,1H3. The fourth-order valence-electron chi connectivity index (χ4n) is 2.99.